The van der Waals surface area contributed by atoms with E-state index in [-0.39, 0.29) is 0 Å². The maximum atomic E-state index is 13.6. The fourth-order valence-corrected chi connectivity index (χ4v) is 1.74. The zero-order valence-corrected chi connectivity index (χ0v) is 9.86. The van der Waals surface area contributed by atoms with Crippen molar-refractivity contribution in [3.63, 3.8) is 0 Å². The molecule has 2 heterocycles. The summed E-state index contributed by atoms with van der Waals surface area (Å²) in [5.41, 5.74) is 7.42. The molecule has 0 atom stereocenters. The van der Waals surface area contributed by atoms with Gasteiger partial charge in [0.1, 0.15) is 12.0 Å². The number of rotatable bonds is 2. The number of hydrogen-bond donors (Lipinski definition) is 1. The summed E-state index contributed by atoms with van der Waals surface area (Å²) in [4.78, 5) is 7.85. The van der Waals surface area contributed by atoms with E-state index in [2.05, 4.69) is 15.1 Å². The van der Waals surface area contributed by atoms with Gasteiger partial charge >= 0.3 is 0 Å². The highest BCUT2D eigenvalue weighted by molar-refractivity contribution is 5.60. The molecule has 0 amide bonds. The van der Waals surface area contributed by atoms with Crippen LogP contribution in [0.5, 0.6) is 0 Å². The molecule has 0 unspecified atom stereocenters. The van der Waals surface area contributed by atoms with Crippen molar-refractivity contribution in [2.24, 2.45) is 0 Å². The van der Waals surface area contributed by atoms with Crippen LogP contribution in [-0.2, 0) is 0 Å². The Morgan fingerprint density at radius 2 is 2.11 bits per heavy atom. The summed E-state index contributed by atoms with van der Waals surface area (Å²) in [6, 6.07) is 8.75. The Kier molecular flexibility index (Phi) is 2.68. The number of aromatic nitrogens is 4. The van der Waals surface area contributed by atoms with Gasteiger partial charge in [-0.15, -0.1) is 5.10 Å². The Morgan fingerprint density at radius 1 is 1.21 bits per heavy atom. The highest BCUT2D eigenvalue weighted by Gasteiger charge is 2.08. The number of nitrogen functional groups attached to an aromatic ring is 1. The van der Waals surface area contributed by atoms with E-state index in [1.807, 2.05) is 12.1 Å². The molecule has 94 valence electrons. The van der Waals surface area contributed by atoms with E-state index in [9.17, 15) is 4.39 Å². The second-order valence-corrected chi connectivity index (χ2v) is 3.97. The molecular weight excluding hydrogens is 245 g/mol. The van der Waals surface area contributed by atoms with Gasteiger partial charge in [0.2, 0.25) is 0 Å². The molecule has 0 aliphatic carbocycles. The van der Waals surface area contributed by atoms with Crippen molar-refractivity contribution in [1.29, 1.82) is 0 Å². The van der Waals surface area contributed by atoms with Crippen LogP contribution in [-0.4, -0.2) is 19.7 Å². The van der Waals surface area contributed by atoms with Crippen LogP contribution >= 0.6 is 0 Å². The Bertz CT molecular complexity index is 722. The Morgan fingerprint density at radius 3 is 2.89 bits per heavy atom. The van der Waals surface area contributed by atoms with Crippen LogP contribution in [0.25, 0.3) is 17.1 Å². The van der Waals surface area contributed by atoms with Gasteiger partial charge in [0.25, 0.3) is 0 Å². The van der Waals surface area contributed by atoms with Crippen LogP contribution in [0.4, 0.5) is 10.1 Å². The van der Waals surface area contributed by atoms with Crippen molar-refractivity contribution < 1.29 is 4.39 Å². The van der Waals surface area contributed by atoms with Gasteiger partial charge in [-0.3, -0.25) is 4.98 Å². The molecule has 0 saturated heterocycles. The van der Waals surface area contributed by atoms with Crippen LogP contribution < -0.4 is 5.73 Å². The SMILES string of the molecule is Nc1cccc(-c2ncn(-c3ccncc3F)n2)c1. The van der Waals surface area contributed by atoms with Crippen LogP contribution in [0, 0.1) is 5.82 Å². The molecule has 3 aromatic rings. The highest BCUT2D eigenvalue weighted by Crippen LogP contribution is 2.18. The Hall–Kier alpha value is -2.76. The van der Waals surface area contributed by atoms with Gasteiger partial charge in [0.05, 0.1) is 6.20 Å². The maximum Gasteiger partial charge on any atom is 0.181 e. The number of hydrogen-bond acceptors (Lipinski definition) is 4. The highest BCUT2D eigenvalue weighted by atomic mass is 19.1. The predicted octanol–water partition coefficient (Wildman–Crippen LogP) is 2.05. The van der Waals surface area contributed by atoms with Gasteiger partial charge in [0.15, 0.2) is 11.6 Å². The molecule has 0 aliphatic heterocycles. The third kappa shape index (κ3) is 2.15. The molecule has 19 heavy (non-hydrogen) atoms. The van der Waals surface area contributed by atoms with Gasteiger partial charge in [-0.05, 0) is 18.2 Å². The number of pyridine rings is 1. The van der Waals surface area contributed by atoms with E-state index in [1.54, 1.807) is 12.1 Å². The molecular formula is C13H10FN5. The lowest BCUT2D eigenvalue weighted by molar-refractivity contribution is 0.604. The van der Waals surface area contributed by atoms with Crippen LogP contribution in [0.2, 0.25) is 0 Å². The first kappa shape index (κ1) is 11.3. The topological polar surface area (TPSA) is 69.6 Å². The summed E-state index contributed by atoms with van der Waals surface area (Å²) in [6.07, 6.45) is 4.09. The molecule has 0 saturated carbocycles. The second kappa shape index (κ2) is 4.49. The van der Waals surface area contributed by atoms with E-state index in [1.165, 1.54) is 23.3 Å². The van der Waals surface area contributed by atoms with Gasteiger partial charge in [0, 0.05) is 17.4 Å². The first-order chi connectivity index (χ1) is 9.24. The summed E-state index contributed by atoms with van der Waals surface area (Å²) >= 11 is 0. The first-order valence-corrected chi connectivity index (χ1v) is 5.61. The summed E-state index contributed by atoms with van der Waals surface area (Å²) in [5, 5.41) is 4.23. The second-order valence-electron chi connectivity index (χ2n) is 3.97. The van der Waals surface area contributed by atoms with E-state index >= 15 is 0 Å². The first-order valence-electron chi connectivity index (χ1n) is 5.61. The largest absolute Gasteiger partial charge is 0.399 e. The number of nitrogens with two attached hydrogens (primary N) is 1. The lowest BCUT2D eigenvalue weighted by Gasteiger charge is -2.00. The molecule has 0 bridgehead atoms. The summed E-state index contributed by atoms with van der Waals surface area (Å²) in [6.45, 7) is 0. The van der Waals surface area contributed by atoms with Crippen LogP contribution in [0.15, 0.2) is 49.1 Å². The molecule has 6 heteroatoms. The number of benzene rings is 1. The average Bonchev–Trinajstić information content (AvgIpc) is 2.89. The zero-order chi connectivity index (χ0) is 13.2. The van der Waals surface area contributed by atoms with Crippen molar-refractivity contribution >= 4 is 5.69 Å². The molecule has 0 fully saturated rings. The number of nitrogens with zero attached hydrogens (tertiary/aromatic N) is 4. The zero-order valence-electron chi connectivity index (χ0n) is 9.86. The molecule has 5 nitrogen and oxygen atoms in total. The predicted molar refractivity (Wildman–Crippen MR) is 69.0 cm³/mol. The average molecular weight is 255 g/mol. The molecule has 0 radical (unpaired) electrons. The molecule has 0 spiro atoms. The van der Waals surface area contributed by atoms with Gasteiger partial charge in [-0.2, -0.15) is 0 Å². The standard InChI is InChI=1S/C13H10FN5/c14-11-7-16-5-4-12(11)19-8-17-13(18-19)9-2-1-3-10(15)6-9/h1-8H,15H2. The van der Waals surface area contributed by atoms with Crippen molar-refractivity contribution in [1.82, 2.24) is 19.7 Å². The lowest BCUT2D eigenvalue weighted by atomic mass is 10.2. The fourth-order valence-electron chi connectivity index (χ4n) is 1.74. The van der Waals surface area contributed by atoms with Crippen molar-refractivity contribution in [2.45, 2.75) is 0 Å². The van der Waals surface area contributed by atoms with Crippen LogP contribution in [0.3, 0.4) is 0 Å². The minimum Gasteiger partial charge on any atom is -0.399 e. The summed E-state index contributed by atoms with van der Waals surface area (Å²) < 4.78 is 15.0. The van der Waals surface area contributed by atoms with E-state index in [0.29, 0.717) is 17.2 Å². The summed E-state index contributed by atoms with van der Waals surface area (Å²) in [5.74, 6) is 0.0371. The third-order valence-electron chi connectivity index (χ3n) is 2.63. The smallest absolute Gasteiger partial charge is 0.181 e. The normalized spacial score (nSPS) is 10.6. The number of anilines is 1. The number of halogens is 1. The maximum absolute atomic E-state index is 13.6. The van der Waals surface area contributed by atoms with Crippen molar-refractivity contribution in [2.75, 3.05) is 5.73 Å². The quantitative estimate of drug-likeness (QED) is 0.711. The third-order valence-corrected chi connectivity index (χ3v) is 2.63. The van der Waals surface area contributed by atoms with Crippen molar-refractivity contribution in [3.05, 3.63) is 54.9 Å². The van der Waals surface area contributed by atoms with Gasteiger partial charge in [-0.25, -0.2) is 14.1 Å². The fraction of sp³-hybridized carbons (Fsp3) is 0. The molecule has 1 aromatic carbocycles. The minimum absolute atomic E-state index is 0.303. The van der Waals surface area contributed by atoms with Gasteiger partial charge in [-0.1, -0.05) is 12.1 Å². The molecule has 3 rings (SSSR count). The monoisotopic (exact) mass is 255 g/mol. The lowest BCUT2D eigenvalue weighted by Crippen LogP contribution is -1.99. The van der Waals surface area contributed by atoms with Crippen LogP contribution in [0.1, 0.15) is 0 Å². The van der Waals surface area contributed by atoms with Crippen molar-refractivity contribution in [3.8, 4) is 17.1 Å². The van der Waals surface area contributed by atoms with E-state index < -0.39 is 5.82 Å². The molecule has 0 aliphatic rings. The van der Waals surface area contributed by atoms with E-state index in [0.717, 1.165) is 11.8 Å². The molecule has 2 aromatic heterocycles. The van der Waals surface area contributed by atoms with E-state index in [4.69, 9.17) is 5.73 Å². The minimum atomic E-state index is -0.452. The van der Waals surface area contributed by atoms with Gasteiger partial charge < -0.3 is 5.73 Å². The summed E-state index contributed by atoms with van der Waals surface area (Å²) in [7, 11) is 0. The Balaban J connectivity index is 2.03. The Labute approximate surface area is 108 Å². The molecule has 2 N–H and O–H groups in total.